The van der Waals surface area contributed by atoms with E-state index in [9.17, 15) is 9.59 Å². The fraction of sp³-hybridized carbons (Fsp3) is 0.875. The summed E-state index contributed by atoms with van der Waals surface area (Å²) < 4.78 is 0. The molecule has 2 fully saturated rings. The van der Waals surface area contributed by atoms with Gasteiger partial charge in [0.05, 0.1) is 7.05 Å². The maximum absolute atomic E-state index is 12.7. The average molecular weight is 296 g/mol. The Morgan fingerprint density at radius 1 is 1.19 bits per heavy atom. The molecule has 2 aliphatic rings. The Morgan fingerprint density at radius 2 is 1.76 bits per heavy atom. The number of piperidine rings is 1. The first-order valence-corrected chi connectivity index (χ1v) is 8.34. The Morgan fingerprint density at radius 3 is 2.29 bits per heavy atom. The van der Waals surface area contributed by atoms with E-state index in [1.807, 2.05) is 18.9 Å². The summed E-state index contributed by atoms with van der Waals surface area (Å²) in [7, 11) is 1.94. The van der Waals surface area contributed by atoms with Crippen molar-refractivity contribution in [2.24, 2.45) is 0 Å². The largest absolute Gasteiger partial charge is 0.348 e. The molecule has 0 aromatic heterocycles. The van der Waals surface area contributed by atoms with Crippen LogP contribution in [-0.2, 0) is 9.59 Å². The van der Waals surface area contributed by atoms with E-state index >= 15 is 0 Å². The van der Waals surface area contributed by atoms with E-state index in [4.69, 9.17) is 0 Å². The smallest absolute Gasteiger partial charge is 0.281 e. The first kappa shape index (κ1) is 16.3. The lowest BCUT2D eigenvalue weighted by atomic mass is 9.96. The summed E-state index contributed by atoms with van der Waals surface area (Å²) in [4.78, 5) is 27.6. The second-order valence-electron chi connectivity index (χ2n) is 6.96. The van der Waals surface area contributed by atoms with E-state index in [1.165, 1.54) is 6.42 Å². The van der Waals surface area contributed by atoms with Crippen LogP contribution in [0.5, 0.6) is 0 Å². The van der Waals surface area contributed by atoms with Crippen molar-refractivity contribution in [1.29, 1.82) is 0 Å². The van der Waals surface area contributed by atoms with Crippen LogP contribution in [0.1, 0.15) is 52.9 Å². The van der Waals surface area contributed by atoms with Gasteiger partial charge in [0.1, 0.15) is 0 Å². The summed E-state index contributed by atoms with van der Waals surface area (Å²) in [6.07, 6.45) is 5.57. The van der Waals surface area contributed by atoms with Crippen LogP contribution in [0, 0.1) is 0 Å². The fourth-order valence-electron chi connectivity index (χ4n) is 3.20. The molecular weight excluding hydrogens is 266 g/mol. The molecule has 120 valence electrons. The lowest BCUT2D eigenvalue weighted by molar-refractivity contribution is -0.886. The highest BCUT2D eigenvalue weighted by atomic mass is 16.2. The van der Waals surface area contributed by atoms with Crippen molar-refractivity contribution in [3.05, 3.63) is 0 Å². The molecule has 2 rings (SSSR count). The number of hydrogen-bond acceptors (Lipinski definition) is 2. The van der Waals surface area contributed by atoms with Gasteiger partial charge in [-0.2, -0.15) is 0 Å². The van der Waals surface area contributed by atoms with Crippen molar-refractivity contribution in [1.82, 2.24) is 10.2 Å². The van der Waals surface area contributed by atoms with Crippen molar-refractivity contribution in [3.8, 4) is 0 Å². The van der Waals surface area contributed by atoms with Crippen molar-refractivity contribution in [2.75, 3.05) is 13.6 Å². The van der Waals surface area contributed by atoms with Crippen molar-refractivity contribution < 1.29 is 14.5 Å². The molecule has 0 aromatic rings. The minimum Gasteiger partial charge on any atom is -0.348 e. The van der Waals surface area contributed by atoms with Gasteiger partial charge in [-0.1, -0.05) is 0 Å². The minimum atomic E-state index is -0.169. The summed E-state index contributed by atoms with van der Waals surface area (Å²) in [6.45, 7) is 6.58. The SMILES string of the molecule is C[C@@H]1CCC[C@@H](C)N1C(=O)[C@@H](C)[NH+](C)CC(=O)NC1CC1. The monoisotopic (exact) mass is 296 g/mol. The first-order chi connectivity index (χ1) is 9.90. The predicted octanol–water partition coefficient (Wildman–Crippen LogP) is -0.0423. The van der Waals surface area contributed by atoms with Crippen LogP contribution in [0.3, 0.4) is 0 Å². The van der Waals surface area contributed by atoms with E-state index in [0.29, 0.717) is 24.7 Å². The Hall–Kier alpha value is -1.10. The number of likely N-dealkylation sites (tertiary alicyclic amines) is 1. The topological polar surface area (TPSA) is 53.9 Å². The molecule has 0 bridgehead atoms. The molecule has 5 heteroatoms. The second kappa shape index (κ2) is 6.77. The van der Waals surface area contributed by atoms with Gasteiger partial charge in [-0.15, -0.1) is 0 Å². The molecule has 0 spiro atoms. The number of hydrogen-bond donors (Lipinski definition) is 2. The third-order valence-electron chi connectivity index (χ3n) is 4.94. The van der Waals surface area contributed by atoms with Gasteiger partial charge in [-0.05, 0) is 52.9 Å². The quantitative estimate of drug-likeness (QED) is 0.748. The number of likely N-dealkylation sites (N-methyl/N-ethyl adjacent to an activating group) is 1. The molecule has 5 nitrogen and oxygen atoms in total. The summed E-state index contributed by atoms with van der Waals surface area (Å²) in [5.74, 6) is 0.251. The molecule has 1 unspecified atom stereocenters. The van der Waals surface area contributed by atoms with Gasteiger partial charge in [0.2, 0.25) is 0 Å². The van der Waals surface area contributed by atoms with Crippen LogP contribution in [-0.4, -0.2) is 54.5 Å². The molecule has 0 radical (unpaired) electrons. The normalized spacial score (nSPS) is 28.9. The summed E-state index contributed by atoms with van der Waals surface area (Å²) >= 11 is 0. The maximum Gasteiger partial charge on any atom is 0.281 e. The van der Waals surface area contributed by atoms with E-state index < -0.39 is 0 Å². The van der Waals surface area contributed by atoms with Crippen LogP contribution in [0.15, 0.2) is 0 Å². The second-order valence-corrected chi connectivity index (χ2v) is 6.96. The van der Waals surface area contributed by atoms with Gasteiger partial charge >= 0.3 is 0 Å². The molecule has 4 atom stereocenters. The fourth-order valence-corrected chi connectivity index (χ4v) is 3.20. The third kappa shape index (κ3) is 4.19. The van der Waals surface area contributed by atoms with Crippen molar-refractivity contribution in [2.45, 2.75) is 77.0 Å². The van der Waals surface area contributed by atoms with Gasteiger partial charge in [-0.3, -0.25) is 9.59 Å². The van der Waals surface area contributed by atoms with Gasteiger partial charge in [0.15, 0.2) is 12.6 Å². The van der Waals surface area contributed by atoms with Gasteiger partial charge in [0, 0.05) is 18.1 Å². The highest BCUT2D eigenvalue weighted by Gasteiger charge is 2.35. The summed E-state index contributed by atoms with van der Waals surface area (Å²) in [5, 5.41) is 2.99. The lowest BCUT2D eigenvalue weighted by Crippen LogP contribution is -3.15. The maximum atomic E-state index is 12.7. The standard InChI is InChI=1S/C16H29N3O2/c1-11-6-5-7-12(2)19(11)16(21)13(3)18(4)10-15(20)17-14-8-9-14/h11-14H,5-10H2,1-4H3,(H,17,20)/p+1/t11-,12-,13-/m1/s1. The number of quaternary nitrogens is 1. The molecular formula is C16H30N3O2+. The highest BCUT2D eigenvalue weighted by Crippen LogP contribution is 2.22. The highest BCUT2D eigenvalue weighted by molar-refractivity contribution is 5.82. The van der Waals surface area contributed by atoms with Crippen LogP contribution < -0.4 is 10.2 Å². The zero-order chi connectivity index (χ0) is 15.6. The lowest BCUT2D eigenvalue weighted by Gasteiger charge is -2.40. The third-order valence-corrected chi connectivity index (χ3v) is 4.94. The Labute approximate surface area is 128 Å². The molecule has 1 aliphatic carbocycles. The van der Waals surface area contributed by atoms with Crippen LogP contribution in [0.25, 0.3) is 0 Å². The summed E-state index contributed by atoms with van der Waals surface area (Å²) in [5.41, 5.74) is 0. The molecule has 1 saturated heterocycles. The number of amides is 2. The zero-order valence-corrected chi connectivity index (χ0v) is 13.8. The average Bonchev–Trinajstić information content (AvgIpc) is 3.21. The number of carbonyl (C=O) groups is 2. The molecule has 2 N–H and O–H groups in total. The Balaban J connectivity index is 1.88. The summed E-state index contributed by atoms with van der Waals surface area (Å²) in [6, 6.07) is 0.852. The predicted molar refractivity (Wildman–Crippen MR) is 82.0 cm³/mol. The molecule has 21 heavy (non-hydrogen) atoms. The molecule has 0 aromatic carbocycles. The van der Waals surface area contributed by atoms with Gasteiger partial charge in [0.25, 0.3) is 11.8 Å². The molecule has 1 saturated carbocycles. The van der Waals surface area contributed by atoms with Gasteiger partial charge < -0.3 is 15.1 Å². The van der Waals surface area contributed by atoms with E-state index in [0.717, 1.165) is 30.6 Å². The van der Waals surface area contributed by atoms with Crippen molar-refractivity contribution in [3.63, 3.8) is 0 Å². The number of carbonyl (C=O) groups excluding carboxylic acids is 2. The zero-order valence-electron chi connectivity index (χ0n) is 13.8. The number of nitrogens with zero attached hydrogens (tertiary/aromatic N) is 1. The number of rotatable bonds is 5. The molecule has 2 amide bonds. The van der Waals surface area contributed by atoms with E-state index in [-0.39, 0.29) is 17.9 Å². The van der Waals surface area contributed by atoms with E-state index in [1.54, 1.807) is 0 Å². The van der Waals surface area contributed by atoms with Crippen LogP contribution >= 0.6 is 0 Å². The van der Waals surface area contributed by atoms with Crippen LogP contribution in [0.2, 0.25) is 0 Å². The Kier molecular flexibility index (Phi) is 5.25. The van der Waals surface area contributed by atoms with Crippen LogP contribution in [0.4, 0.5) is 0 Å². The van der Waals surface area contributed by atoms with E-state index in [2.05, 4.69) is 19.2 Å². The first-order valence-electron chi connectivity index (χ1n) is 8.34. The number of nitrogens with one attached hydrogen (secondary N) is 2. The van der Waals surface area contributed by atoms with Crippen molar-refractivity contribution >= 4 is 11.8 Å². The van der Waals surface area contributed by atoms with Gasteiger partial charge in [-0.25, -0.2) is 0 Å². The molecule has 1 heterocycles. The minimum absolute atomic E-state index is 0.0643. The Bertz CT molecular complexity index is 385. The molecule has 1 aliphatic heterocycles.